The molecule has 27 heteroatoms. The van der Waals surface area contributed by atoms with Gasteiger partial charge in [-0.15, -0.1) is 0 Å². The van der Waals surface area contributed by atoms with Crippen molar-refractivity contribution in [3.8, 4) is 0 Å². The minimum absolute atomic E-state index is 0.000464. The number of likely N-dealkylation sites (N-methyl/N-ethyl adjacent to an activating group) is 1. The van der Waals surface area contributed by atoms with Crippen LogP contribution in [0.25, 0.3) is 32.7 Å². The van der Waals surface area contributed by atoms with Gasteiger partial charge in [0.25, 0.3) is 0 Å². The fraction of sp³-hybridized carbons (Fsp3) is 0.543. The Kier molecular flexibility index (Phi) is 30.4. The number of rotatable bonds is 13. The number of nitrogens with zero attached hydrogens (tertiary/aromatic N) is 11. The standard InChI is InChI=1S/C38H46N4O6.C34H39BrN4O5.C33H42BrN3O3/c1-23-14-27-8-6-5-7-12-38(20-47-22-48-21-38)33(45)11-13-37-17-30(31(44)16-29-24(2)9-10-25(3)39-29)42(32(37)18-37)34(46)19-41-36(27)28(15-23)35(40-41)26(4)43;1-20-12-22-10-8-6-4-3-5-7-9-11-34-17-26(27(41)16-24-14-23(33(43)44)15-29(35)36-24)39(28(34)18-34)30(42)19-38-32(22)25(13-20)31(37-38)21(2)40;1-22-17-25-13-11-9-7-5-6-8-10-12-14-29(30(39)19-28-23(2)15-16-31(34)35-28)36(4)32(40)21-37-20-27(24(3)38)26(18-22)33(25)37/h9-10,14-15,30,32H,5-8,11-13,16-22H2,1-4H3;12-15,26,28H,3-11,16-19H2,1-2H3,(H,43,44);15-18,20,29H,5-14,19,21H2,1-4H3/t30-,32+,37-;26-,28+,34-;29-/m000/s1. The number of hydrogen-bond acceptors (Lipinski definition) is 18. The minimum Gasteiger partial charge on any atom is -0.478 e. The van der Waals surface area contributed by atoms with E-state index in [1.54, 1.807) is 38.0 Å². The number of carbonyl (C=O) groups excluding carboxylic acids is 10. The lowest BCUT2D eigenvalue weighted by molar-refractivity contribution is -0.178. The first kappa shape index (κ1) is 96.6. The van der Waals surface area contributed by atoms with E-state index in [0.29, 0.717) is 83.6 Å². The second kappa shape index (κ2) is 41.5. The quantitative estimate of drug-likeness (QED) is 0.0828. The van der Waals surface area contributed by atoms with Crippen molar-refractivity contribution in [2.24, 2.45) is 16.2 Å². The Balaban J connectivity index is 0.000000152. The fourth-order valence-electron chi connectivity index (χ4n) is 22.4. The number of ether oxygens (including phenoxy) is 2. The molecule has 6 aliphatic heterocycles. The molecule has 7 atom stereocenters. The fourth-order valence-corrected chi connectivity index (χ4v) is 23.2. The Labute approximate surface area is 790 Å². The van der Waals surface area contributed by atoms with Gasteiger partial charge in [0.05, 0.1) is 95.2 Å². The summed E-state index contributed by atoms with van der Waals surface area (Å²) in [4.78, 5) is 167. The first-order valence-corrected chi connectivity index (χ1v) is 49.6. The van der Waals surface area contributed by atoms with Crippen LogP contribution in [-0.2, 0) is 101 Å². The number of amides is 3. The highest BCUT2D eigenvalue weighted by Crippen LogP contribution is 2.64. The summed E-state index contributed by atoms with van der Waals surface area (Å²) in [5.41, 5.74) is 14.2. The SMILES string of the molecule is CC(=O)c1cn2c3c(cc(C)cc13)CCCCCCCCCC[C@@H](C(=O)Cc1nc(Br)ccc1C)N(C)C(=O)C2.CC(=O)c1nn2c3c(cc(C)cc13)CCCCCC1(COCOC1)C(=O)CC[C@@]13C[C@@H](C(=O)Cc4nc(C)ccc4C)N(C(=O)C2)[C@@H]1C3.CC(=O)c1nn2c3c(cc(C)cc13)CCCCCCCCC[C@@]13C[C@@H](C(=O)Cc4cc(C(=O)O)cc(Br)n4)N(C(=O)C2)[C@@H]1C3. The van der Waals surface area contributed by atoms with E-state index in [2.05, 4.69) is 83.1 Å². The third-order valence-corrected chi connectivity index (χ3v) is 30.4. The number of halogens is 2. The van der Waals surface area contributed by atoms with Gasteiger partial charge < -0.3 is 33.8 Å². The molecule has 0 unspecified atom stereocenters. The first-order chi connectivity index (χ1) is 63.2. The van der Waals surface area contributed by atoms with E-state index < -0.39 is 29.5 Å². The molecule has 0 radical (unpaired) electrons. The zero-order chi connectivity index (χ0) is 93.8. The van der Waals surface area contributed by atoms with Crippen LogP contribution in [0.15, 0.2) is 88.2 Å². The summed E-state index contributed by atoms with van der Waals surface area (Å²) in [7, 11) is 1.75. The van der Waals surface area contributed by atoms with Gasteiger partial charge >= 0.3 is 5.97 Å². The van der Waals surface area contributed by atoms with Crippen LogP contribution in [0.2, 0.25) is 0 Å². The lowest BCUT2D eigenvalue weighted by Gasteiger charge is -2.36. The van der Waals surface area contributed by atoms with Crippen LogP contribution in [0.3, 0.4) is 0 Å². The second-order valence-corrected chi connectivity index (χ2v) is 41.1. The molecule has 8 aliphatic rings. The monoisotopic (exact) mass is 1920 g/mol. The molecule has 3 aromatic carbocycles. The van der Waals surface area contributed by atoms with Gasteiger partial charge in [-0.05, 0) is 251 Å². The number of ketones is 7. The number of hydrogen-bond donors (Lipinski definition) is 1. The molecular weight excluding hydrogens is 1800 g/mol. The van der Waals surface area contributed by atoms with Gasteiger partial charge in [-0.1, -0.05) is 143 Å². The number of carboxylic acid groups (broad SMARTS) is 1. The number of Topliss-reactive ketones (excluding diaryl/α,β-unsaturated/α-hetero) is 7. The summed E-state index contributed by atoms with van der Waals surface area (Å²) >= 11 is 6.69. The van der Waals surface area contributed by atoms with Crippen molar-refractivity contribution in [1.29, 1.82) is 0 Å². The highest BCUT2D eigenvalue weighted by Gasteiger charge is 2.68. The zero-order valence-electron chi connectivity index (χ0n) is 78.4. The Morgan fingerprint density at radius 2 is 0.932 bits per heavy atom. The summed E-state index contributed by atoms with van der Waals surface area (Å²) in [6.07, 6.45) is 30.5. The lowest BCUT2D eigenvalue weighted by atomic mass is 9.76. The minimum atomic E-state index is -1.09. The summed E-state index contributed by atoms with van der Waals surface area (Å²) < 4.78 is 17.8. The number of carboxylic acids is 1. The summed E-state index contributed by atoms with van der Waals surface area (Å²) in [6.45, 7) is 17.5. The number of benzene rings is 3. The van der Waals surface area contributed by atoms with Gasteiger partial charge in [-0.2, -0.15) is 10.2 Å². The third-order valence-electron chi connectivity index (χ3n) is 29.5. The van der Waals surface area contributed by atoms with Gasteiger partial charge in [-0.3, -0.25) is 62.3 Å². The maximum atomic E-state index is 14.5. The van der Waals surface area contributed by atoms with Gasteiger partial charge in [0.2, 0.25) is 17.7 Å². The van der Waals surface area contributed by atoms with E-state index in [4.69, 9.17) is 14.6 Å². The molecule has 132 heavy (non-hydrogen) atoms. The smallest absolute Gasteiger partial charge is 0.335 e. The van der Waals surface area contributed by atoms with E-state index in [1.807, 2.05) is 81.8 Å². The molecule has 6 aromatic heterocycles. The Morgan fingerprint density at radius 1 is 0.462 bits per heavy atom. The average Bonchev–Trinajstić information content (AvgIpc) is 1.53. The maximum Gasteiger partial charge on any atom is 0.335 e. The maximum absolute atomic E-state index is 14.5. The van der Waals surface area contributed by atoms with Crippen LogP contribution in [0, 0.1) is 57.8 Å². The van der Waals surface area contributed by atoms with Gasteiger partial charge in [-0.25, -0.2) is 14.8 Å². The summed E-state index contributed by atoms with van der Waals surface area (Å²) in [6, 6.07) is 21.2. The van der Waals surface area contributed by atoms with Crippen LogP contribution in [0.1, 0.15) is 303 Å². The summed E-state index contributed by atoms with van der Waals surface area (Å²) in [5.74, 6) is -1.85. The van der Waals surface area contributed by atoms with Crippen LogP contribution < -0.4 is 0 Å². The van der Waals surface area contributed by atoms with Crippen LogP contribution in [-0.4, -0.2) is 180 Å². The number of aromatic carboxylic acids is 1. The Bertz CT molecular complexity index is 6000. The molecule has 25 nitrogen and oxygen atoms in total. The number of aromatic nitrogens is 8. The van der Waals surface area contributed by atoms with Gasteiger partial charge in [0, 0.05) is 73.0 Å². The van der Waals surface area contributed by atoms with E-state index in [-0.39, 0.29) is 132 Å². The van der Waals surface area contributed by atoms with Crippen molar-refractivity contribution in [3.63, 3.8) is 0 Å². The molecule has 9 aromatic rings. The number of carbonyl (C=O) groups is 11. The van der Waals surface area contributed by atoms with Crippen molar-refractivity contribution in [2.45, 2.75) is 324 Å². The zero-order valence-corrected chi connectivity index (χ0v) is 81.6. The van der Waals surface area contributed by atoms with Crippen molar-refractivity contribution >= 4 is 129 Å². The van der Waals surface area contributed by atoms with Crippen LogP contribution >= 0.6 is 31.9 Å². The number of aryl methyl sites for hydroxylation is 9. The van der Waals surface area contributed by atoms with Crippen molar-refractivity contribution in [1.82, 2.24) is 53.8 Å². The predicted molar refractivity (Wildman–Crippen MR) is 511 cm³/mol. The van der Waals surface area contributed by atoms with E-state index in [0.717, 1.165) is 198 Å². The van der Waals surface area contributed by atoms with Crippen LogP contribution in [0.4, 0.5) is 0 Å². The Morgan fingerprint density at radius 3 is 1.47 bits per heavy atom. The number of piperidine rings is 2. The Hall–Kier alpha value is -9.96. The van der Waals surface area contributed by atoms with E-state index in [1.165, 1.54) is 76.5 Å². The van der Waals surface area contributed by atoms with Crippen molar-refractivity contribution < 1.29 is 67.3 Å². The predicted octanol–water partition coefficient (Wildman–Crippen LogP) is 18.8. The van der Waals surface area contributed by atoms with E-state index >= 15 is 0 Å². The van der Waals surface area contributed by atoms with E-state index in [9.17, 15) is 57.8 Å². The molecule has 700 valence electrons. The molecular formula is C105H127Br2N11O14. The molecule has 2 saturated carbocycles. The largest absolute Gasteiger partial charge is 0.478 e. The highest BCUT2D eigenvalue weighted by molar-refractivity contribution is 9.10. The number of pyridine rings is 3. The normalized spacial score (nSPS) is 23.0. The third kappa shape index (κ3) is 21.5. The second-order valence-electron chi connectivity index (χ2n) is 39.5. The molecule has 4 bridgehead atoms. The molecule has 1 spiro atoms. The molecule has 3 amide bonds. The molecule has 2 aliphatic carbocycles. The first-order valence-electron chi connectivity index (χ1n) is 48.0. The molecule has 12 heterocycles. The molecule has 17 rings (SSSR count). The van der Waals surface area contributed by atoms with Crippen LogP contribution in [0.5, 0.6) is 0 Å². The molecule has 1 N–H and O–H groups in total. The average molecular weight is 1930 g/mol. The molecule has 3 saturated heterocycles. The highest BCUT2D eigenvalue weighted by atomic mass is 79.9. The van der Waals surface area contributed by atoms with Crippen molar-refractivity contribution in [3.05, 3.63) is 178 Å². The summed E-state index contributed by atoms with van der Waals surface area (Å²) in [5, 5.41) is 21.4. The van der Waals surface area contributed by atoms with Gasteiger partial charge in [0.15, 0.2) is 34.7 Å². The topological polar surface area (TPSA) is 315 Å². The molecule has 5 fully saturated rings. The van der Waals surface area contributed by atoms with Gasteiger partial charge in [0.1, 0.15) is 52.8 Å². The lowest BCUT2D eigenvalue weighted by Crippen LogP contribution is -2.45. The van der Waals surface area contributed by atoms with Crippen molar-refractivity contribution in [2.75, 3.05) is 27.1 Å².